The first-order valence-corrected chi connectivity index (χ1v) is 5.20. The molecule has 1 heterocycles. The molecule has 2 rings (SSSR count). The van der Waals surface area contributed by atoms with Crippen LogP contribution in [0.4, 0.5) is 4.39 Å². The molecule has 0 bridgehead atoms. The lowest BCUT2D eigenvalue weighted by atomic mass is 10.2. The van der Waals surface area contributed by atoms with Crippen molar-refractivity contribution in [2.24, 2.45) is 5.73 Å². The minimum Gasteiger partial charge on any atom is -0.340 e. The number of halogens is 2. The highest BCUT2D eigenvalue weighted by Gasteiger charge is 2.07. The van der Waals surface area contributed by atoms with E-state index in [4.69, 9.17) is 5.73 Å². The van der Waals surface area contributed by atoms with Gasteiger partial charge < -0.3 is 10.7 Å². The number of hydrogen-bond acceptors (Lipinski definition) is 2. The summed E-state index contributed by atoms with van der Waals surface area (Å²) in [4.78, 5) is 7.30. The molecular weight excluding hydrogens is 261 g/mol. The third kappa shape index (κ3) is 2.08. The fourth-order valence-electron chi connectivity index (χ4n) is 1.27. The van der Waals surface area contributed by atoms with Gasteiger partial charge in [0.1, 0.15) is 16.2 Å². The molecule has 0 unspecified atom stereocenters. The van der Waals surface area contributed by atoms with Gasteiger partial charge in [0.2, 0.25) is 0 Å². The van der Waals surface area contributed by atoms with Crippen LogP contribution in [0.3, 0.4) is 0 Å². The van der Waals surface area contributed by atoms with E-state index in [0.29, 0.717) is 17.0 Å². The minimum absolute atomic E-state index is 0.261. The van der Waals surface area contributed by atoms with Crippen molar-refractivity contribution in [3.8, 4) is 11.4 Å². The Labute approximate surface area is 94.7 Å². The maximum atomic E-state index is 12.7. The fourth-order valence-corrected chi connectivity index (χ4v) is 1.71. The molecule has 0 saturated carbocycles. The smallest absolute Gasteiger partial charge is 0.138 e. The molecule has 0 aliphatic rings. The van der Waals surface area contributed by atoms with Gasteiger partial charge in [-0.15, -0.1) is 0 Å². The molecule has 78 valence electrons. The summed E-state index contributed by atoms with van der Waals surface area (Å²) in [6.07, 6.45) is 0. The number of imidazole rings is 1. The second kappa shape index (κ2) is 4.12. The van der Waals surface area contributed by atoms with Gasteiger partial charge in [-0.2, -0.15) is 0 Å². The molecule has 15 heavy (non-hydrogen) atoms. The standard InChI is InChI=1S/C10H9BrFN3/c11-9-8(5-13)14-10(15-9)6-1-3-7(12)4-2-6/h1-4H,5,13H2,(H,14,15). The van der Waals surface area contributed by atoms with E-state index in [9.17, 15) is 4.39 Å². The number of aromatic amines is 1. The summed E-state index contributed by atoms with van der Waals surface area (Å²) in [6.45, 7) is 0.384. The van der Waals surface area contributed by atoms with Gasteiger partial charge in [0.25, 0.3) is 0 Å². The van der Waals surface area contributed by atoms with Gasteiger partial charge in [-0.25, -0.2) is 9.37 Å². The molecule has 0 aliphatic heterocycles. The number of rotatable bonds is 2. The van der Waals surface area contributed by atoms with Gasteiger partial charge in [-0.3, -0.25) is 0 Å². The van der Waals surface area contributed by atoms with E-state index in [0.717, 1.165) is 11.3 Å². The second-order valence-electron chi connectivity index (χ2n) is 3.07. The average molecular weight is 270 g/mol. The zero-order valence-electron chi connectivity index (χ0n) is 7.80. The third-order valence-corrected chi connectivity index (χ3v) is 2.71. The molecule has 1 aromatic heterocycles. The van der Waals surface area contributed by atoms with E-state index in [1.807, 2.05) is 0 Å². The fraction of sp³-hybridized carbons (Fsp3) is 0.100. The molecule has 3 N–H and O–H groups in total. The van der Waals surface area contributed by atoms with Gasteiger partial charge >= 0.3 is 0 Å². The largest absolute Gasteiger partial charge is 0.340 e. The molecule has 5 heteroatoms. The highest BCUT2D eigenvalue weighted by molar-refractivity contribution is 9.10. The summed E-state index contributed by atoms with van der Waals surface area (Å²) < 4.78 is 13.4. The van der Waals surface area contributed by atoms with Crippen LogP contribution < -0.4 is 5.73 Å². The molecule has 0 saturated heterocycles. The maximum absolute atomic E-state index is 12.7. The van der Waals surface area contributed by atoms with E-state index in [-0.39, 0.29) is 5.82 Å². The average Bonchev–Trinajstić information content (AvgIpc) is 2.61. The van der Waals surface area contributed by atoms with Crippen LogP contribution in [0.2, 0.25) is 0 Å². The van der Waals surface area contributed by atoms with Crippen LogP contribution in [0.1, 0.15) is 5.69 Å². The van der Waals surface area contributed by atoms with E-state index in [2.05, 4.69) is 25.9 Å². The Hall–Kier alpha value is -1.20. The Bertz CT molecular complexity index is 464. The Morgan fingerprint density at radius 1 is 1.33 bits per heavy atom. The molecular formula is C10H9BrFN3. The van der Waals surface area contributed by atoms with Crippen molar-refractivity contribution in [1.29, 1.82) is 0 Å². The van der Waals surface area contributed by atoms with Gasteiger partial charge in [-0.05, 0) is 40.2 Å². The van der Waals surface area contributed by atoms with Gasteiger partial charge in [0.15, 0.2) is 0 Å². The zero-order valence-corrected chi connectivity index (χ0v) is 9.38. The number of aromatic nitrogens is 2. The third-order valence-electron chi connectivity index (χ3n) is 2.05. The molecule has 2 aromatic rings. The Balaban J connectivity index is 2.41. The quantitative estimate of drug-likeness (QED) is 0.880. The number of nitrogens with one attached hydrogen (secondary N) is 1. The monoisotopic (exact) mass is 269 g/mol. The first-order chi connectivity index (χ1) is 7.20. The van der Waals surface area contributed by atoms with Crippen LogP contribution in [-0.2, 0) is 6.54 Å². The molecule has 0 radical (unpaired) electrons. The van der Waals surface area contributed by atoms with Crippen molar-refractivity contribution in [1.82, 2.24) is 9.97 Å². The molecule has 3 nitrogen and oxygen atoms in total. The lowest BCUT2D eigenvalue weighted by molar-refractivity contribution is 0.628. The maximum Gasteiger partial charge on any atom is 0.138 e. The van der Waals surface area contributed by atoms with Crippen molar-refractivity contribution < 1.29 is 4.39 Å². The van der Waals surface area contributed by atoms with Gasteiger partial charge in [0, 0.05) is 12.1 Å². The molecule has 0 spiro atoms. The van der Waals surface area contributed by atoms with Crippen LogP contribution in [0.15, 0.2) is 28.9 Å². The van der Waals surface area contributed by atoms with E-state index in [1.54, 1.807) is 12.1 Å². The predicted molar refractivity (Wildman–Crippen MR) is 59.6 cm³/mol. The van der Waals surface area contributed by atoms with Crippen LogP contribution in [-0.4, -0.2) is 9.97 Å². The normalized spacial score (nSPS) is 10.6. The molecule has 0 aliphatic carbocycles. The van der Waals surface area contributed by atoms with Crippen LogP contribution in [0, 0.1) is 5.82 Å². The number of H-pyrrole nitrogens is 1. The van der Waals surface area contributed by atoms with Crippen molar-refractivity contribution in [3.05, 3.63) is 40.4 Å². The van der Waals surface area contributed by atoms with Crippen molar-refractivity contribution in [2.75, 3.05) is 0 Å². The first-order valence-electron chi connectivity index (χ1n) is 4.41. The van der Waals surface area contributed by atoms with Crippen LogP contribution in [0.25, 0.3) is 11.4 Å². The molecule has 1 aromatic carbocycles. The summed E-state index contributed by atoms with van der Waals surface area (Å²) in [7, 11) is 0. The van der Waals surface area contributed by atoms with E-state index in [1.165, 1.54) is 12.1 Å². The SMILES string of the molecule is NCc1[nH]c(-c2ccc(F)cc2)nc1Br. The van der Waals surface area contributed by atoms with Crippen molar-refractivity contribution in [3.63, 3.8) is 0 Å². The Morgan fingerprint density at radius 3 is 2.53 bits per heavy atom. The number of benzene rings is 1. The van der Waals surface area contributed by atoms with Crippen LogP contribution >= 0.6 is 15.9 Å². The van der Waals surface area contributed by atoms with Gasteiger partial charge in [-0.1, -0.05) is 0 Å². The minimum atomic E-state index is -0.261. The highest BCUT2D eigenvalue weighted by Crippen LogP contribution is 2.21. The molecule has 0 amide bonds. The predicted octanol–water partition coefficient (Wildman–Crippen LogP) is 2.44. The summed E-state index contributed by atoms with van der Waals surface area (Å²) in [6, 6.07) is 6.13. The summed E-state index contributed by atoms with van der Waals surface area (Å²) in [5.41, 5.74) is 7.16. The van der Waals surface area contributed by atoms with Crippen molar-refractivity contribution in [2.45, 2.75) is 6.54 Å². The topological polar surface area (TPSA) is 54.7 Å². The van der Waals surface area contributed by atoms with E-state index >= 15 is 0 Å². The number of hydrogen-bond donors (Lipinski definition) is 2. The second-order valence-corrected chi connectivity index (χ2v) is 3.82. The van der Waals surface area contributed by atoms with Crippen molar-refractivity contribution >= 4 is 15.9 Å². The summed E-state index contributed by atoms with van der Waals surface area (Å²) in [5, 5.41) is 0. The summed E-state index contributed by atoms with van der Waals surface area (Å²) in [5.74, 6) is 0.422. The number of nitrogens with two attached hydrogens (primary N) is 1. The lowest BCUT2D eigenvalue weighted by Gasteiger charge is -1.95. The number of nitrogens with zero attached hydrogens (tertiary/aromatic N) is 1. The van der Waals surface area contributed by atoms with E-state index < -0.39 is 0 Å². The molecule has 0 fully saturated rings. The molecule has 0 atom stereocenters. The zero-order chi connectivity index (χ0) is 10.8. The summed E-state index contributed by atoms with van der Waals surface area (Å²) >= 11 is 3.29. The Kier molecular flexibility index (Phi) is 2.83. The highest BCUT2D eigenvalue weighted by atomic mass is 79.9. The van der Waals surface area contributed by atoms with Crippen LogP contribution in [0.5, 0.6) is 0 Å². The lowest BCUT2D eigenvalue weighted by Crippen LogP contribution is -1.96. The van der Waals surface area contributed by atoms with Gasteiger partial charge in [0.05, 0.1) is 5.69 Å². The first kappa shape index (κ1) is 10.3. The Morgan fingerprint density at radius 2 is 2.00 bits per heavy atom.